The maximum atomic E-state index is 5.52. The molecule has 4 aliphatic rings. The topological polar surface area (TPSA) is 50.1 Å². The average Bonchev–Trinajstić information content (AvgIpc) is 2.41. The number of unbranched alkanes of at least 4 members (excludes halogenated alkanes) is 2. The minimum atomic E-state index is 0.484. The summed E-state index contributed by atoms with van der Waals surface area (Å²) in [6.45, 7) is 9.47. The number of rotatable bonds is 10. The van der Waals surface area contributed by atoms with Crippen LogP contribution in [-0.2, 0) is 0 Å². The van der Waals surface area contributed by atoms with Gasteiger partial charge in [0.05, 0.1) is 0 Å². The van der Waals surface area contributed by atoms with E-state index in [1.54, 1.807) is 0 Å². The quantitative estimate of drug-likeness (QED) is 0.540. The summed E-state index contributed by atoms with van der Waals surface area (Å²) in [6, 6.07) is 0. The lowest BCUT2D eigenvalue weighted by atomic mass is 9.43. The average molecular weight is 322 g/mol. The van der Waals surface area contributed by atoms with Crippen LogP contribution in [0, 0.1) is 16.7 Å². The Labute approximate surface area is 143 Å². The first kappa shape index (κ1) is 17.7. The number of nitrogens with two attached hydrogens (primary N) is 1. The monoisotopic (exact) mass is 321 g/mol. The third-order valence-corrected chi connectivity index (χ3v) is 6.71. The first-order valence-electron chi connectivity index (χ1n) is 10.1. The molecule has 4 rings (SSSR count). The minimum Gasteiger partial charge on any atom is -0.330 e. The molecule has 4 bridgehead atoms. The second kappa shape index (κ2) is 7.01. The molecule has 4 atom stereocenters. The van der Waals surface area contributed by atoms with Crippen LogP contribution in [0.5, 0.6) is 0 Å². The van der Waals surface area contributed by atoms with Crippen molar-refractivity contribution in [2.75, 3.05) is 26.2 Å². The molecule has 0 aromatic heterocycles. The second-order valence-corrected chi connectivity index (χ2v) is 9.79. The van der Waals surface area contributed by atoms with Gasteiger partial charge in [-0.15, -0.1) is 0 Å². The van der Waals surface area contributed by atoms with Gasteiger partial charge in [0.1, 0.15) is 0 Å². The predicted octanol–water partition coefficient (Wildman–Crippen LogP) is 3.43. The van der Waals surface area contributed by atoms with E-state index < -0.39 is 0 Å². The lowest BCUT2D eigenvalue weighted by molar-refractivity contribution is -0.117. The molecule has 0 saturated heterocycles. The van der Waals surface area contributed by atoms with Crippen molar-refractivity contribution in [2.45, 2.75) is 83.6 Å². The first-order valence-corrected chi connectivity index (χ1v) is 10.1. The first-order chi connectivity index (χ1) is 11.0. The van der Waals surface area contributed by atoms with E-state index in [0.717, 1.165) is 32.0 Å². The highest BCUT2D eigenvalue weighted by Gasteiger charge is 2.59. The summed E-state index contributed by atoms with van der Waals surface area (Å²) in [4.78, 5) is 0. The zero-order valence-electron chi connectivity index (χ0n) is 15.6. The zero-order chi connectivity index (χ0) is 16.4. The van der Waals surface area contributed by atoms with E-state index in [4.69, 9.17) is 5.73 Å². The molecule has 0 heterocycles. The van der Waals surface area contributed by atoms with Crippen LogP contribution in [0.3, 0.4) is 0 Å². The van der Waals surface area contributed by atoms with Crippen molar-refractivity contribution in [3.8, 4) is 0 Å². The predicted molar refractivity (Wildman–Crippen MR) is 98.5 cm³/mol. The summed E-state index contributed by atoms with van der Waals surface area (Å²) in [6.07, 6.45) is 13.8. The summed E-state index contributed by atoms with van der Waals surface area (Å²) < 4.78 is 0. The molecular formula is C20H39N3. The van der Waals surface area contributed by atoms with E-state index >= 15 is 0 Å². The summed E-state index contributed by atoms with van der Waals surface area (Å²) in [7, 11) is 0. The van der Waals surface area contributed by atoms with Crippen LogP contribution in [-0.4, -0.2) is 31.7 Å². The molecule has 23 heavy (non-hydrogen) atoms. The van der Waals surface area contributed by atoms with Crippen LogP contribution in [0.4, 0.5) is 0 Å². The van der Waals surface area contributed by atoms with Gasteiger partial charge in [0.2, 0.25) is 0 Å². The van der Waals surface area contributed by atoms with Crippen molar-refractivity contribution < 1.29 is 0 Å². The molecule has 3 heteroatoms. The van der Waals surface area contributed by atoms with Crippen LogP contribution in [0.25, 0.3) is 0 Å². The second-order valence-electron chi connectivity index (χ2n) is 9.79. The van der Waals surface area contributed by atoms with Gasteiger partial charge in [0, 0.05) is 5.54 Å². The van der Waals surface area contributed by atoms with Gasteiger partial charge in [-0.3, -0.25) is 0 Å². The van der Waals surface area contributed by atoms with Gasteiger partial charge in [-0.05, 0) is 107 Å². The fraction of sp³-hybridized carbons (Fsp3) is 1.00. The Morgan fingerprint density at radius 1 is 0.826 bits per heavy atom. The van der Waals surface area contributed by atoms with Gasteiger partial charge < -0.3 is 16.4 Å². The molecule has 0 aromatic carbocycles. The largest absolute Gasteiger partial charge is 0.330 e. The molecule has 2 unspecified atom stereocenters. The number of nitrogens with one attached hydrogen (secondary N) is 2. The van der Waals surface area contributed by atoms with Crippen molar-refractivity contribution in [3.63, 3.8) is 0 Å². The molecule has 4 fully saturated rings. The van der Waals surface area contributed by atoms with E-state index in [0.29, 0.717) is 16.4 Å². The fourth-order valence-corrected chi connectivity index (χ4v) is 6.89. The van der Waals surface area contributed by atoms with Crippen molar-refractivity contribution in [2.24, 2.45) is 22.5 Å². The number of hydrogen-bond donors (Lipinski definition) is 3. The highest BCUT2D eigenvalue weighted by atomic mass is 15.0. The van der Waals surface area contributed by atoms with E-state index in [1.807, 2.05) is 0 Å². The molecule has 134 valence electrons. The summed E-state index contributed by atoms with van der Waals surface area (Å²) in [5.41, 5.74) is 7.26. The number of hydrogen-bond acceptors (Lipinski definition) is 3. The van der Waals surface area contributed by atoms with Crippen molar-refractivity contribution in [1.29, 1.82) is 0 Å². The van der Waals surface area contributed by atoms with E-state index in [-0.39, 0.29) is 0 Å². The Hall–Kier alpha value is -0.120. The van der Waals surface area contributed by atoms with E-state index in [1.165, 1.54) is 64.3 Å². The van der Waals surface area contributed by atoms with Gasteiger partial charge in [-0.1, -0.05) is 13.8 Å². The fourth-order valence-electron chi connectivity index (χ4n) is 6.89. The molecule has 4 saturated carbocycles. The van der Waals surface area contributed by atoms with Gasteiger partial charge in [0.25, 0.3) is 0 Å². The molecule has 0 spiro atoms. The van der Waals surface area contributed by atoms with E-state index in [2.05, 4.69) is 24.5 Å². The Bertz CT molecular complexity index is 376. The Kier molecular flexibility index (Phi) is 5.40. The van der Waals surface area contributed by atoms with E-state index in [9.17, 15) is 0 Å². The lowest BCUT2D eigenvalue weighted by Crippen LogP contribution is -2.64. The maximum Gasteiger partial charge on any atom is 0.0194 e. The lowest BCUT2D eigenvalue weighted by Gasteiger charge is -2.65. The van der Waals surface area contributed by atoms with Crippen LogP contribution in [0.1, 0.15) is 78.1 Å². The van der Waals surface area contributed by atoms with Gasteiger partial charge in [0.15, 0.2) is 0 Å². The molecule has 4 N–H and O–H groups in total. The smallest absolute Gasteiger partial charge is 0.0194 e. The molecule has 0 aromatic rings. The molecule has 4 aliphatic carbocycles. The summed E-state index contributed by atoms with van der Waals surface area (Å²) in [5, 5.41) is 7.59. The molecule has 0 amide bonds. The molecule has 0 aliphatic heterocycles. The van der Waals surface area contributed by atoms with Crippen molar-refractivity contribution in [3.05, 3.63) is 0 Å². The third kappa shape index (κ3) is 4.29. The Morgan fingerprint density at radius 2 is 1.43 bits per heavy atom. The van der Waals surface area contributed by atoms with Crippen LogP contribution in [0.15, 0.2) is 0 Å². The molecular weight excluding hydrogens is 282 g/mol. The standard InChI is InChI=1S/C20H39N3/c1-18-11-17-12-19(2,14-18)16-20(13-17,15-18)23-10-6-5-9-22-8-4-3-7-21/h17,22-23H,3-16,21H2,1-2H3/t17?,18-,19+,20?. The normalized spacial score (nSPS) is 41.6. The highest BCUT2D eigenvalue weighted by molar-refractivity contribution is 5.14. The van der Waals surface area contributed by atoms with Gasteiger partial charge in [-0.2, -0.15) is 0 Å². The maximum absolute atomic E-state index is 5.52. The van der Waals surface area contributed by atoms with Crippen molar-refractivity contribution in [1.82, 2.24) is 10.6 Å². The summed E-state index contributed by atoms with van der Waals surface area (Å²) >= 11 is 0. The Morgan fingerprint density at radius 3 is 2.04 bits per heavy atom. The highest BCUT2D eigenvalue weighted by Crippen LogP contribution is 2.66. The van der Waals surface area contributed by atoms with Gasteiger partial charge in [-0.25, -0.2) is 0 Å². The van der Waals surface area contributed by atoms with Crippen molar-refractivity contribution >= 4 is 0 Å². The molecule has 3 nitrogen and oxygen atoms in total. The van der Waals surface area contributed by atoms with Crippen LogP contribution < -0.4 is 16.4 Å². The minimum absolute atomic E-state index is 0.484. The van der Waals surface area contributed by atoms with Crippen LogP contribution in [0.2, 0.25) is 0 Å². The SMILES string of the molecule is C[C@]12CC3CC(NCCCCNCCCCN)(C1)C[C@@](C)(C3)C2. The molecule has 0 radical (unpaired) electrons. The van der Waals surface area contributed by atoms with Gasteiger partial charge >= 0.3 is 0 Å². The summed E-state index contributed by atoms with van der Waals surface area (Å²) in [5.74, 6) is 0.998. The Balaban J connectivity index is 1.36. The van der Waals surface area contributed by atoms with Crippen LogP contribution >= 0.6 is 0 Å². The third-order valence-electron chi connectivity index (χ3n) is 6.71. The zero-order valence-corrected chi connectivity index (χ0v) is 15.6.